The minimum absolute atomic E-state index is 0.0756. The average molecular weight is 298 g/mol. The van der Waals surface area contributed by atoms with Gasteiger partial charge in [-0.2, -0.15) is 0 Å². The van der Waals surface area contributed by atoms with E-state index in [2.05, 4.69) is 0 Å². The Kier molecular flexibility index (Phi) is 4.30. The van der Waals surface area contributed by atoms with Gasteiger partial charge in [-0.05, 0) is 34.6 Å². The van der Waals surface area contributed by atoms with Gasteiger partial charge in [0.2, 0.25) is 0 Å². The number of halogens is 1. The van der Waals surface area contributed by atoms with Crippen LogP contribution in [-0.4, -0.2) is 10.2 Å². The van der Waals surface area contributed by atoms with E-state index >= 15 is 0 Å². The van der Waals surface area contributed by atoms with Crippen LogP contribution < -0.4 is 0 Å². The highest BCUT2D eigenvalue weighted by Crippen LogP contribution is 2.40. The second-order valence-corrected chi connectivity index (χ2v) is 7.29. The number of carbonyl (C=O) groups is 1. The fourth-order valence-corrected chi connectivity index (χ4v) is 2.20. The Hall–Kier alpha value is -1.42. The number of hydrogen-bond acceptors (Lipinski definition) is 3. The van der Waals surface area contributed by atoms with Gasteiger partial charge in [0, 0.05) is 16.7 Å². The van der Waals surface area contributed by atoms with Crippen molar-refractivity contribution in [3.05, 3.63) is 38.9 Å². The van der Waals surface area contributed by atoms with Crippen molar-refractivity contribution in [1.82, 2.24) is 0 Å². The zero-order valence-electron chi connectivity index (χ0n) is 12.7. The lowest BCUT2D eigenvalue weighted by Crippen LogP contribution is -2.21. The molecule has 0 N–H and O–H groups in total. The van der Waals surface area contributed by atoms with Gasteiger partial charge in [-0.15, -0.1) is 0 Å². The second-order valence-electron chi connectivity index (χ2n) is 6.95. The van der Waals surface area contributed by atoms with Gasteiger partial charge in [0.15, 0.2) is 0 Å². The molecule has 110 valence electrons. The molecule has 0 heterocycles. The molecule has 0 unspecified atom stereocenters. The predicted octanol–water partition coefficient (Wildman–Crippen LogP) is 4.57. The van der Waals surface area contributed by atoms with Crippen molar-refractivity contribution in [2.45, 2.75) is 52.4 Å². The first kappa shape index (κ1) is 16.6. The summed E-state index contributed by atoms with van der Waals surface area (Å²) in [6.45, 7) is 11.3. The number of carbonyl (C=O) groups excluding carboxylic acids is 1. The molecule has 0 saturated heterocycles. The fraction of sp³-hybridized carbons (Fsp3) is 0.533. The predicted molar refractivity (Wildman–Crippen MR) is 80.7 cm³/mol. The number of hydrogen-bond donors (Lipinski definition) is 0. The van der Waals surface area contributed by atoms with Crippen molar-refractivity contribution in [3.63, 3.8) is 0 Å². The van der Waals surface area contributed by atoms with E-state index in [4.69, 9.17) is 11.6 Å². The second kappa shape index (κ2) is 5.17. The molecule has 20 heavy (non-hydrogen) atoms. The van der Waals surface area contributed by atoms with Gasteiger partial charge in [-0.3, -0.25) is 14.9 Å². The van der Waals surface area contributed by atoms with Crippen LogP contribution in [0, 0.1) is 10.1 Å². The number of nitrogens with zero attached hydrogens (tertiary/aromatic N) is 1. The van der Waals surface area contributed by atoms with Crippen LogP contribution in [0.2, 0.25) is 0 Å². The molecular weight excluding hydrogens is 278 g/mol. The number of nitro benzene ring substituents is 1. The Bertz CT molecular complexity index is 530. The standard InChI is InChI=1S/C15H20ClNO3/c1-14(2,3)10-7-9(13(16)18)8-11(15(4,5)6)12(10)17(19)20/h7-8H,1-6H3. The van der Waals surface area contributed by atoms with Crippen LogP contribution in [0.25, 0.3) is 0 Å². The molecule has 0 amide bonds. The van der Waals surface area contributed by atoms with E-state index in [-0.39, 0.29) is 10.6 Å². The average Bonchev–Trinajstić information content (AvgIpc) is 2.24. The fourth-order valence-electron chi connectivity index (χ4n) is 2.09. The summed E-state index contributed by atoms with van der Waals surface area (Å²) in [5.41, 5.74) is 0.520. The molecule has 5 heteroatoms. The summed E-state index contributed by atoms with van der Waals surface area (Å²) in [6.07, 6.45) is 0. The number of rotatable bonds is 2. The van der Waals surface area contributed by atoms with Gasteiger partial charge >= 0.3 is 0 Å². The Morgan fingerprint density at radius 1 is 1.05 bits per heavy atom. The topological polar surface area (TPSA) is 60.2 Å². The maximum atomic E-state index is 11.5. The van der Waals surface area contributed by atoms with Gasteiger partial charge < -0.3 is 0 Å². The molecule has 0 fully saturated rings. The summed E-state index contributed by atoms with van der Waals surface area (Å²) in [5.74, 6) is 0. The highest BCUT2D eigenvalue weighted by Gasteiger charge is 2.34. The van der Waals surface area contributed by atoms with E-state index in [0.29, 0.717) is 16.7 Å². The SMILES string of the molecule is CC(C)(C)c1cc(C(=O)Cl)cc(C(C)(C)C)c1[N+](=O)[O-]. The normalized spacial score (nSPS) is 12.3. The molecule has 0 radical (unpaired) electrons. The third kappa shape index (κ3) is 3.37. The molecule has 0 aliphatic carbocycles. The molecule has 4 nitrogen and oxygen atoms in total. The van der Waals surface area contributed by atoms with E-state index in [1.165, 1.54) is 12.1 Å². The van der Waals surface area contributed by atoms with Crippen LogP contribution in [0.5, 0.6) is 0 Å². The first-order chi connectivity index (χ1) is 8.85. The molecule has 1 rings (SSSR count). The lowest BCUT2D eigenvalue weighted by atomic mass is 9.78. The molecule has 0 saturated carbocycles. The van der Waals surface area contributed by atoms with E-state index in [1.807, 2.05) is 41.5 Å². The van der Waals surface area contributed by atoms with Crippen molar-refractivity contribution in [3.8, 4) is 0 Å². The van der Waals surface area contributed by atoms with Gasteiger partial charge in [0.05, 0.1) is 4.92 Å². The Morgan fingerprint density at radius 2 is 1.40 bits per heavy atom. The molecule has 0 aliphatic heterocycles. The monoisotopic (exact) mass is 297 g/mol. The first-order valence-corrected chi connectivity index (χ1v) is 6.76. The summed E-state index contributed by atoms with van der Waals surface area (Å²) in [6, 6.07) is 3.06. The zero-order valence-corrected chi connectivity index (χ0v) is 13.5. The summed E-state index contributed by atoms with van der Waals surface area (Å²) in [5, 5.41) is 10.9. The van der Waals surface area contributed by atoms with Crippen LogP contribution >= 0.6 is 11.6 Å². The van der Waals surface area contributed by atoms with Crippen molar-refractivity contribution >= 4 is 22.5 Å². The minimum atomic E-state index is -0.601. The van der Waals surface area contributed by atoms with E-state index in [9.17, 15) is 14.9 Å². The third-order valence-corrected chi connectivity index (χ3v) is 3.35. The van der Waals surface area contributed by atoms with Crippen molar-refractivity contribution < 1.29 is 9.72 Å². The third-order valence-electron chi connectivity index (χ3n) is 3.14. The van der Waals surface area contributed by atoms with Crippen LogP contribution in [-0.2, 0) is 10.8 Å². The molecule has 0 aromatic heterocycles. The Balaban J connectivity index is 3.86. The van der Waals surface area contributed by atoms with Crippen molar-refractivity contribution in [2.75, 3.05) is 0 Å². The molecule has 0 spiro atoms. The van der Waals surface area contributed by atoms with E-state index in [0.717, 1.165) is 0 Å². The summed E-state index contributed by atoms with van der Waals surface area (Å²) < 4.78 is 0. The minimum Gasteiger partial charge on any atom is -0.276 e. The van der Waals surface area contributed by atoms with E-state index < -0.39 is 16.1 Å². The molecular formula is C15H20ClNO3. The molecule has 1 aromatic carbocycles. The van der Waals surface area contributed by atoms with Crippen LogP contribution in [0.3, 0.4) is 0 Å². The van der Waals surface area contributed by atoms with Crippen molar-refractivity contribution in [2.24, 2.45) is 0 Å². The quantitative estimate of drug-likeness (QED) is 0.456. The summed E-state index contributed by atoms with van der Waals surface area (Å²) >= 11 is 5.57. The maximum Gasteiger partial charge on any atom is 0.276 e. The number of nitro groups is 1. The zero-order chi connectivity index (χ0) is 15.9. The molecule has 0 bridgehead atoms. The van der Waals surface area contributed by atoms with Gasteiger partial charge in [0.25, 0.3) is 10.9 Å². The summed E-state index contributed by atoms with van der Waals surface area (Å²) in [4.78, 5) is 22.6. The highest BCUT2D eigenvalue weighted by molar-refractivity contribution is 6.67. The Morgan fingerprint density at radius 3 is 1.60 bits per heavy atom. The number of benzene rings is 1. The van der Waals surface area contributed by atoms with E-state index in [1.54, 1.807) is 0 Å². The van der Waals surface area contributed by atoms with Crippen LogP contribution in [0.1, 0.15) is 63.0 Å². The van der Waals surface area contributed by atoms with Crippen molar-refractivity contribution in [1.29, 1.82) is 0 Å². The van der Waals surface area contributed by atoms with Gasteiger partial charge in [-0.25, -0.2) is 0 Å². The van der Waals surface area contributed by atoms with Crippen LogP contribution in [0.15, 0.2) is 12.1 Å². The van der Waals surface area contributed by atoms with Gasteiger partial charge in [0.1, 0.15) is 0 Å². The largest absolute Gasteiger partial charge is 0.276 e. The summed E-state index contributed by atoms with van der Waals surface area (Å²) in [7, 11) is 0. The lowest BCUT2D eigenvalue weighted by molar-refractivity contribution is -0.387. The highest BCUT2D eigenvalue weighted by atomic mass is 35.5. The molecule has 0 aliphatic rings. The van der Waals surface area contributed by atoms with Gasteiger partial charge in [-0.1, -0.05) is 41.5 Å². The lowest BCUT2D eigenvalue weighted by Gasteiger charge is -2.25. The smallest absolute Gasteiger partial charge is 0.276 e. The maximum absolute atomic E-state index is 11.5. The Labute approximate surface area is 124 Å². The first-order valence-electron chi connectivity index (χ1n) is 6.39. The molecule has 0 atom stereocenters. The molecule has 1 aromatic rings. The van der Waals surface area contributed by atoms with Crippen LogP contribution in [0.4, 0.5) is 5.69 Å².